The molecule has 27 heavy (non-hydrogen) atoms. The van der Waals surface area contributed by atoms with Crippen LogP contribution in [0.3, 0.4) is 0 Å². The lowest BCUT2D eigenvalue weighted by Gasteiger charge is -2.23. The van der Waals surface area contributed by atoms with E-state index in [1.165, 1.54) is 16.8 Å². The predicted molar refractivity (Wildman–Crippen MR) is 97.4 cm³/mol. The molecule has 0 bridgehead atoms. The highest BCUT2D eigenvalue weighted by molar-refractivity contribution is 5.93. The van der Waals surface area contributed by atoms with E-state index in [2.05, 4.69) is 5.10 Å². The van der Waals surface area contributed by atoms with E-state index >= 15 is 0 Å². The number of benzene rings is 1. The predicted octanol–water partition coefficient (Wildman–Crippen LogP) is 1.62. The van der Waals surface area contributed by atoms with Crippen molar-refractivity contribution < 1.29 is 14.7 Å². The first-order chi connectivity index (χ1) is 13.0. The third-order valence-electron chi connectivity index (χ3n) is 5.84. The summed E-state index contributed by atoms with van der Waals surface area (Å²) in [4.78, 5) is 38.4. The van der Waals surface area contributed by atoms with E-state index in [4.69, 9.17) is 0 Å². The normalized spacial score (nSPS) is 24.0. The molecule has 1 N–H and O–H groups in total. The molecule has 0 unspecified atom stereocenters. The number of hydrogen-bond donors (Lipinski definition) is 1. The molecule has 1 amide bonds. The summed E-state index contributed by atoms with van der Waals surface area (Å²) in [6, 6.07) is 12.2. The molecule has 2 heterocycles. The van der Waals surface area contributed by atoms with Gasteiger partial charge in [0.1, 0.15) is 5.69 Å². The van der Waals surface area contributed by atoms with Gasteiger partial charge in [-0.25, -0.2) is 4.68 Å². The quantitative estimate of drug-likeness (QED) is 0.886. The van der Waals surface area contributed by atoms with Crippen molar-refractivity contribution in [2.45, 2.75) is 25.8 Å². The van der Waals surface area contributed by atoms with Gasteiger partial charge in [-0.2, -0.15) is 5.10 Å². The number of amides is 1. The summed E-state index contributed by atoms with van der Waals surface area (Å²) < 4.78 is 1.27. The fourth-order valence-corrected chi connectivity index (χ4v) is 4.39. The number of carbonyl (C=O) groups excluding carboxylic acids is 1. The lowest BCUT2D eigenvalue weighted by molar-refractivity contribution is -0.149. The van der Waals surface area contributed by atoms with Gasteiger partial charge in [0.15, 0.2) is 0 Å². The standard InChI is InChI=1S/C20H21N3O4/c24-17-9-8-16(21-23(17)11-14-5-2-1-3-6-14)18(25)22-12-15-7-4-10-20(15,13-22)19(26)27/h1-3,5-6,8-9,15H,4,7,10-13H2,(H,26,27)/t15-,20+/m0/s1. The monoisotopic (exact) mass is 367 g/mol. The third-order valence-corrected chi connectivity index (χ3v) is 5.84. The zero-order valence-electron chi connectivity index (χ0n) is 14.9. The van der Waals surface area contributed by atoms with E-state index in [9.17, 15) is 19.5 Å². The summed E-state index contributed by atoms with van der Waals surface area (Å²) in [5.41, 5.74) is -0.0206. The molecule has 1 aromatic heterocycles. The third kappa shape index (κ3) is 3.03. The molecule has 0 spiro atoms. The molecule has 7 heteroatoms. The number of nitrogens with zero attached hydrogens (tertiary/aromatic N) is 3. The van der Waals surface area contributed by atoms with E-state index in [0.29, 0.717) is 13.0 Å². The molecule has 2 atom stereocenters. The maximum absolute atomic E-state index is 12.9. The van der Waals surface area contributed by atoms with Crippen molar-refractivity contribution in [2.24, 2.45) is 11.3 Å². The van der Waals surface area contributed by atoms with Crippen molar-refractivity contribution in [3.8, 4) is 0 Å². The minimum Gasteiger partial charge on any atom is -0.481 e. The molecule has 1 aliphatic carbocycles. The Kier molecular flexibility index (Phi) is 4.30. The summed E-state index contributed by atoms with van der Waals surface area (Å²) in [5, 5.41) is 13.9. The van der Waals surface area contributed by atoms with Gasteiger partial charge in [0.2, 0.25) is 0 Å². The molecule has 4 rings (SSSR count). The van der Waals surface area contributed by atoms with Gasteiger partial charge < -0.3 is 10.0 Å². The van der Waals surface area contributed by atoms with Gasteiger partial charge in [-0.05, 0) is 30.4 Å². The van der Waals surface area contributed by atoms with Crippen LogP contribution in [0.15, 0.2) is 47.3 Å². The Labute approximate surface area is 156 Å². The fourth-order valence-electron chi connectivity index (χ4n) is 4.39. The highest BCUT2D eigenvalue weighted by Gasteiger charge is 2.55. The number of aliphatic carboxylic acids is 1. The number of aromatic nitrogens is 2. The van der Waals surface area contributed by atoms with Crippen molar-refractivity contribution in [2.75, 3.05) is 13.1 Å². The molecule has 7 nitrogen and oxygen atoms in total. The lowest BCUT2D eigenvalue weighted by atomic mass is 9.81. The van der Waals surface area contributed by atoms with E-state index in [1.807, 2.05) is 30.3 Å². The van der Waals surface area contributed by atoms with Crippen LogP contribution in [-0.2, 0) is 11.3 Å². The Hall–Kier alpha value is -2.96. The Balaban J connectivity index is 1.57. The maximum atomic E-state index is 12.9. The van der Waals surface area contributed by atoms with Crippen LogP contribution >= 0.6 is 0 Å². The van der Waals surface area contributed by atoms with Gasteiger partial charge >= 0.3 is 5.97 Å². The first-order valence-corrected chi connectivity index (χ1v) is 9.14. The molecule has 1 saturated carbocycles. The summed E-state index contributed by atoms with van der Waals surface area (Å²) in [6.07, 6.45) is 2.33. The van der Waals surface area contributed by atoms with E-state index in [0.717, 1.165) is 18.4 Å². The molecule has 1 saturated heterocycles. The number of carboxylic acid groups (broad SMARTS) is 1. The number of likely N-dealkylation sites (tertiary alicyclic amines) is 1. The van der Waals surface area contributed by atoms with Crippen LogP contribution in [0.25, 0.3) is 0 Å². The second-order valence-electron chi connectivity index (χ2n) is 7.44. The van der Waals surface area contributed by atoms with Crippen LogP contribution in [0.4, 0.5) is 0 Å². The Morgan fingerprint density at radius 3 is 2.67 bits per heavy atom. The molecular formula is C20H21N3O4. The van der Waals surface area contributed by atoms with Gasteiger partial charge in [-0.15, -0.1) is 0 Å². The van der Waals surface area contributed by atoms with E-state index < -0.39 is 11.4 Å². The molecule has 2 aromatic rings. The second-order valence-corrected chi connectivity index (χ2v) is 7.44. The Bertz CT molecular complexity index is 940. The smallest absolute Gasteiger partial charge is 0.311 e. The lowest BCUT2D eigenvalue weighted by Crippen LogP contribution is -2.38. The van der Waals surface area contributed by atoms with Crippen molar-refractivity contribution in [3.63, 3.8) is 0 Å². The topological polar surface area (TPSA) is 92.5 Å². The van der Waals surface area contributed by atoms with Crippen LogP contribution in [0.2, 0.25) is 0 Å². The fraction of sp³-hybridized carbons (Fsp3) is 0.400. The SMILES string of the molecule is O=C(c1ccc(=O)n(Cc2ccccc2)n1)N1C[C@@H]2CCC[C@@]2(C(=O)O)C1. The molecule has 2 aliphatic rings. The van der Waals surface area contributed by atoms with Gasteiger partial charge in [0.05, 0.1) is 12.0 Å². The number of hydrogen-bond acceptors (Lipinski definition) is 4. The van der Waals surface area contributed by atoms with Gasteiger partial charge in [0.25, 0.3) is 11.5 Å². The minimum absolute atomic E-state index is 0.00539. The maximum Gasteiger partial charge on any atom is 0.311 e. The van der Waals surface area contributed by atoms with Crippen LogP contribution in [-0.4, -0.2) is 44.8 Å². The molecule has 140 valence electrons. The second kappa shape index (κ2) is 6.64. The average Bonchev–Trinajstić information content (AvgIpc) is 3.22. The van der Waals surface area contributed by atoms with Crippen molar-refractivity contribution in [3.05, 3.63) is 64.1 Å². The summed E-state index contributed by atoms with van der Waals surface area (Å²) in [6.45, 7) is 0.929. The zero-order valence-corrected chi connectivity index (χ0v) is 14.9. The van der Waals surface area contributed by atoms with E-state index in [-0.39, 0.29) is 36.2 Å². The summed E-state index contributed by atoms with van der Waals surface area (Å²) >= 11 is 0. The van der Waals surface area contributed by atoms with Crippen LogP contribution in [0.1, 0.15) is 35.3 Å². The molecule has 1 aliphatic heterocycles. The van der Waals surface area contributed by atoms with Crippen LogP contribution < -0.4 is 5.56 Å². The summed E-state index contributed by atoms with van der Waals surface area (Å²) in [7, 11) is 0. The van der Waals surface area contributed by atoms with Crippen molar-refractivity contribution in [1.82, 2.24) is 14.7 Å². The number of carboxylic acids is 1. The molecule has 0 radical (unpaired) electrons. The Morgan fingerprint density at radius 2 is 1.96 bits per heavy atom. The summed E-state index contributed by atoms with van der Waals surface area (Å²) in [5.74, 6) is -1.14. The van der Waals surface area contributed by atoms with Crippen LogP contribution in [0, 0.1) is 11.3 Å². The average molecular weight is 367 g/mol. The number of fused-ring (bicyclic) bond motifs is 1. The van der Waals surface area contributed by atoms with Gasteiger partial charge in [-0.3, -0.25) is 14.4 Å². The first-order valence-electron chi connectivity index (χ1n) is 9.14. The molecule has 1 aromatic carbocycles. The molecular weight excluding hydrogens is 346 g/mol. The van der Waals surface area contributed by atoms with Gasteiger partial charge in [0, 0.05) is 19.2 Å². The largest absolute Gasteiger partial charge is 0.481 e. The number of carbonyl (C=O) groups is 2. The minimum atomic E-state index is -0.825. The molecule has 2 fully saturated rings. The highest BCUT2D eigenvalue weighted by Crippen LogP contribution is 2.49. The number of rotatable bonds is 4. The zero-order chi connectivity index (χ0) is 19.0. The first kappa shape index (κ1) is 17.5. The van der Waals surface area contributed by atoms with Crippen molar-refractivity contribution >= 4 is 11.9 Å². The van der Waals surface area contributed by atoms with Gasteiger partial charge in [-0.1, -0.05) is 36.8 Å². The van der Waals surface area contributed by atoms with Crippen LogP contribution in [0.5, 0.6) is 0 Å². The van der Waals surface area contributed by atoms with E-state index in [1.54, 1.807) is 4.90 Å². The van der Waals surface area contributed by atoms with Crippen molar-refractivity contribution in [1.29, 1.82) is 0 Å². The highest BCUT2D eigenvalue weighted by atomic mass is 16.4. The Morgan fingerprint density at radius 1 is 1.19 bits per heavy atom.